The zero-order valence-corrected chi connectivity index (χ0v) is 10.0. The highest BCUT2D eigenvalue weighted by molar-refractivity contribution is 6.40. The molecule has 0 atom stereocenters. The lowest BCUT2D eigenvalue weighted by molar-refractivity contribution is 0.626. The van der Waals surface area contributed by atoms with Crippen LogP contribution in [-0.2, 0) is 6.54 Å². The largest absolute Gasteiger partial charge is 0.293 e. The van der Waals surface area contributed by atoms with E-state index < -0.39 is 5.56 Å². The highest BCUT2D eigenvalue weighted by atomic mass is 35.5. The quantitative estimate of drug-likeness (QED) is 0.788. The van der Waals surface area contributed by atoms with E-state index >= 15 is 0 Å². The van der Waals surface area contributed by atoms with Crippen LogP contribution >= 0.6 is 23.2 Å². The maximum absolute atomic E-state index is 12.7. The summed E-state index contributed by atoms with van der Waals surface area (Å²) in [6, 6.07) is 5.82. The Morgan fingerprint density at radius 2 is 1.88 bits per heavy atom. The molecular formula is C11H7Cl2FN2O. The molecule has 0 radical (unpaired) electrons. The molecule has 88 valence electrons. The molecule has 0 N–H and O–H groups in total. The molecule has 2 rings (SSSR count). The molecule has 1 aromatic heterocycles. The average Bonchev–Trinajstić information content (AvgIpc) is 2.33. The van der Waals surface area contributed by atoms with Crippen molar-refractivity contribution >= 4 is 23.2 Å². The van der Waals surface area contributed by atoms with Crippen LogP contribution in [0.5, 0.6) is 0 Å². The molecule has 3 nitrogen and oxygen atoms in total. The van der Waals surface area contributed by atoms with E-state index in [1.165, 1.54) is 23.0 Å². The van der Waals surface area contributed by atoms with Gasteiger partial charge in [-0.25, -0.2) is 9.37 Å². The van der Waals surface area contributed by atoms with Crippen molar-refractivity contribution < 1.29 is 4.39 Å². The fourth-order valence-electron chi connectivity index (χ4n) is 1.34. The van der Waals surface area contributed by atoms with E-state index in [4.69, 9.17) is 23.2 Å². The Morgan fingerprint density at radius 1 is 1.24 bits per heavy atom. The first-order chi connectivity index (χ1) is 8.08. The predicted octanol–water partition coefficient (Wildman–Crippen LogP) is 2.74. The van der Waals surface area contributed by atoms with E-state index in [1.54, 1.807) is 12.1 Å². The van der Waals surface area contributed by atoms with E-state index in [0.717, 1.165) is 5.56 Å². The number of hydrogen-bond acceptors (Lipinski definition) is 2. The van der Waals surface area contributed by atoms with Crippen molar-refractivity contribution in [1.29, 1.82) is 0 Å². The molecule has 0 amide bonds. The fraction of sp³-hybridized carbons (Fsp3) is 0.0909. The van der Waals surface area contributed by atoms with E-state index in [2.05, 4.69) is 4.98 Å². The molecule has 0 aliphatic rings. The second kappa shape index (κ2) is 4.85. The summed E-state index contributed by atoms with van der Waals surface area (Å²) in [5.41, 5.74) is 0.352. The molecule has 2 aromatic rings. The van der Waals surface area contributed by atoms with Crippen LogP contribution in [0.25, 0.3) is 0 Å². The molecule has 0 fully saturated rings. The van der Waals surface area contributed by atoms with Crippen molar-refractivity contribution in [3.05, 3.63) is 62.5 Å². The predicted molar refractivity (Wildman–Crippen MR) is 64.0 cm³/mol. The molecule has 1 heterocycles. The SMILES string of the molecule is O=c1c(Cl)c(Cl)ncn1Cc1ccc(F)cc1. The van der Waals surface area contributed by atoms with Crippen LogP contribution in [0.1, 0.15) is 5.56 Å². The van der Waals surface area contributed by atoms with Gasteiger partial charge in [0.1, 0.15) is 10.8 Å². The third-order valence-corrected chi connectivity index (χ3v) is 2.93. The topological polar surface area (TPSA) is 34.9 Å². The van der Waals surface area contributed by atoms with E-state index in [9.17, 15) is 9.18 Å². The first-order valence-electron chi connectivity index (χ1n) is 4.73. The number of rotatable bonds is 2. The third-order valence-electron chi connectivity index (χ3n) is 2.21. The lowest BCUT2D eigenvalue weighted by Gasteiger charge is -2.06. The Bertz CT molecular complexity index is 595. The normalized spacial score (nSPS) is 10.5. The van der Waals surface area contributed by atoms with Gasteiger partial charge in [0.15, 0.2) is 5.15 Å². The lowest BCUT2D eigenvalue weighted by atomic mass is 10.2. The number of benzene rings is 1. The van der Waals surface area contributed by atoms with Crippen molar-refractivity contribution in [2.75, 3.05) is 0 Å². The minimum Gasteiger partial charge on any atom is -0.293 e. The molecule has 0 saturated heterocycles. The number of hydrogen-bond donors (Lipinski definition) is 0. The molecular weight excluding hydrogens is 266 g/mol. The van der Waals surface area contributed by atoms with Gasteiger partial charge in [-0.3, -0.25) is 9.36 Å². The minimum atomic E-state index is -0.420. The van der Waals surface area contributed by atoms with Crippen LogP contribution in [-0.4, -0.2) is 9.55 Å². The van der Waals surface area contributed by atoms with Gasteiger partial charge < -0.3 is 0 Å². The summed E-state index contributed by atoms with van der Waals surface area (Å²) in [5, 5.41) is -0.136. The molecule has 0 bridgehead atoms. The van der Waals surface area contributed by atoms with Gasteiger partial charge in [0.25, 0.3) is 5.56 Å². The van der Waals surface area contributed by atoms with Crippen LogP contribution in [0, 0.1) is 5.82 Å². The van der Waals surface area contributed by atoms with Crippen LogP contribution in [0.4, 0.5) is 4.39 Å². The second-order valence-electron chi connectivity index (χ2n) is 3.41. The van der Waals surface area contributed by atoms with Gasteiger partial charge in [0, 0.05) is 0 Å². The molecule has 0 spiro atoms. The first-order valence-corrected chi connectivity index (χ1v) is 5.48. The van der Waals surface area contributed by atoms with Gasteiger partial charge >= 0.3 is 0 Å². The smallest absolute Gasteiger partial charge is 0.273 e. The summed E-state index contributed by atoms with van der Waals surface area (Å²) < 4.78 is 14.0. The molecule has 0 aliphatic heterocycles. The van der Waals surface area contributed by atoms with Gasteiger partial charge in [-0.05, 0) is 17.7 Å². The molecule has 6 heteroatoms. The van der Waals surface area contributed by atoms with E-state index in [1.807, 2.05) is 0 Å². The number of halogens is 3. The monoisotopic (exact) mass is 272 g/mol. The Hall–Kier alpha value is -1.39. The summed E-state index contributed by atoms with van der Waals surface area (Å²) in [6.07, 6.45) is 1.31. The van der Waals surface area contributed by atoms with Gasteiger partial charge in [0.05, 0.1) is 12.9 Å². The van der Waals surface area contributed by atoms with Crippen molar-refractivity contribution in [2.45, 2.75) is 6.54 Å². The summed E-state index contributed by atoms with van der Waals surface area (Å²) in [4.78, 5) is 15.5. The number of nitrogens with zero attached hydrogens (tertiary/aromatic N) is 2. The van der Waals surface area contributed by atoms with Crippen molar-refractivity contribution in [3.63, 3.8) is 0 Å². The standard InChI is InChI=1S/C11H7Cl2FN2O/c12-9-10(13)15-6-16(11(9)17)5-7-1-3-8(14)4-2-7/h1-4,6H,5H2. The number of aromatic nitrogens is 2. The summed E-state index contributed by atoms with van der Waals surface area (Å²) in [5.74, 6) is -0.326. The zero-order chi connectivity index (χ0) is 12.4. The third kappa shape index (κ3) is 2.65. The van der Waals surface area contributed by atoms with Gasteiger partial charge in [-0.1, -0.05) is 35.3 Å². The Kier molecular flexibility index (Phi) is 3.45. The maximum Gasteiger partial charge on any atom is 0.273 e. The van der Waals surface area contributed by atoms with Crippen LogP contribution < -0.4 is 5.56 Å². The lowest BCUT2D eigenvalue weighted by Crippen LogP contribution is -2.21. The Balaban J connectivity index is 2.34. The molecule has 0 unspecified atom stereocenters. The van der Waals surface area contributed by atoms with E-state index in [0.29, 0.717) is 0 Å². The Morgan fingerprint density at radius 3 is 2.53 bits per heavy atom. The second-order valence-corrected chi connectivity index (χ2v) is 4.14. The molecule has 0 aliphatic carbocycles. The van der Waals surface area contributed by atoms with Crippen molar-refractivity contribution in [1.82, 2.24) is 9.55 Å². The van der Waals surface area contributed by atoms with Gasteiger partial charge in [-0.15, -0.1) is 0 Å². The molecule has 1 aromatic carbocycles. The maximum atomic E-state index is 12.7. The highest BCUT2D eigenvalue weighted by Gasteiger charge is 2.07. The van der Waals surface area contributed by atoms with Crippen molar-refractivity contribution in [3.8, 4) is 0 Å². The van der Waals surface area contributed by atoms with E-state index in [-0.39, 0.29) is 22.5 Å². The van der Waals surface area contributed by atoms with Crippen LogP contribution in [0.3, 0.4) is 0 Å². The van der Waals surface area contributed by atoms with Crippen LogP contribution in [0.15, 0.2) is 35.4 Å². The highest BCUT2D eigenvalue weighted by Crippen LogP contribution is 2.13. The molecule has 0 saturated carbocycles. The fourth-order valence-corrected chi connectivity index (χ4v) is 1.62. The Labute approximate surface area is 106 Å². The summed E-state index contributed by atoms with van der Waals surface area (Å²) in [7, 11) is 0. The van der Waals surface area contributed by atoms with Gasteiger partial charge in [0.2, 0.25) is 0 Å². The first kappa shape index (κ1) is 12.1. The van der Waals surface area contributed by atoms with Crippen LogP contribution in [0.2, 0.25) is 10.2 Å². The zero-order valence-electron chi connectivity index (χ0n) is 8.53. The molecule has 17 heavy (non-hydrogen) atoms. The summed E-state index contributed by atoms with van der Waals surface area (Å²) in [6.45, 7) is 0.267. The van der Waals surface area contributed by atoms with Crippen molar-refractivity contribution in [2.24, 2.45) is 0 Å². The summed E-state index contributed by atoms with van der Waals surface area (Å²) >= 11 is 11.3. The minimum absolute atomic E-state index is 0.0213. The average molecular weight is 273 g/mol. The van der Waals surface area contributed by atoms with Gasteiger partial charge in [-0.2, -0.15) is 0 Å².